The third-order valence-corrected chi connectivity index (χ3v) is 16.9. The number of carbonyl (C=O) groups is 5. The van der Waals surface area contributed by atoms with Crippen LogP contribution in [0.25, 0.3) is 0 Å². The monoisotopic (exact) mass is 1320 g/mol. The van der Waals surface area contributed by atoms with E-state index in [0.29, 0.717) is 55.2 Å². The molecule has 95 heavy (non-hydrogen) atoms. The van der Waals surface area contributed by atoms with Crippen molar-refractivity contribution in [1.29, 1.82) is 0 Å². The second kappa shape index (κ2) is 40.9. The van der Waals surface area contributed by atoms with Crippen molar-refractivity contribution < 1.29 is 132 Å². The molecule has 7 fully saturated rings. The summed E-state index contributed by atoms with van der Waals surface area (Å²) in [6.45, 7) is 9.73. The Balaban J connectivity index is 0.000000273. The van der Waals surface area contributed by atoms with Crippen LogP contribution in [-0.2, 0) is 66.4 Å². The molecule has 14 radical (unpaired) electrons. The van der Waals surface area contributed by atoms with Gasteiger partial charge in [0.2, 0.25) is 5.91 Å². The Hall–Kier alpha value is -4.02. The number of benzene rings is 3. The quantitative estimate of drug-likeness (QED) is 0.0573. The van der Waals surface area contributed by atoms with Crippen LogP contribution in [0.2, 0.25) is 0 Å². The standard InChI is InChI=1S/C22H27B2NO7.C18H22B2O6.C13H15BO3.C6H11BO3.C6H11BO2.Na.H/c1-3-13-19(32-17(27)10-9-16(26)25-2)18(21(24)29-13)20-14(11-15(23)31-20)30-22(28)12-7-5-4-6-8-12;1-2-11-15(21)16(17(20)25-11)23-9-13-12(8-14(19)24-13)26-18(22)10-6-4-3-5-7-10;1-2-10-11(8-12(14)16-10)17-13(15)9-6-4-3-5-7-9;1-2-3-4(8)5(9)6(7)10-3;1-2-5-4(8)3-6(7)9-5;;/h4-8,13-15,18-21H,3,9-11H2,1-2H3,(H,25,26);3-7,11-17,21H,2,8-9H2,1H3;3-7,10-12H,2,8H2,1H3;3-6,8-9H,2H2,1H3;4-6,8H,2-3H2,1H3;;/q;;;;;+1;-1/t13-,14?,15-,18-,19?,20+,21-;11-,12?,13-,14-,15?,16+,17-;10-,11?,12-;3-,4?,5+,6-;4?,5-,6-;;/m11111../s1. The van der Waals surface area contributed by atoms with E-state index in [2.05, 4.69) is 5.32 Å². The van der Waals surface area contributed by atoms with E-state index in [-0.39, 0.29) is 117 Å². The fourth-order valence-electron chi connectivity index (χ4n) is 11.7. The third-order valence-electron chi connectivity index (χ3n) is 16.9. The van der Waals surface area contributed by atoms with Crippen LogP contribution in [0.1, 0.15) is 138 Å². The molecular formula is C65H87B7NNaO21. The molecule has 1 amide bonds. The summed E-state index contributed by atoms with van der Waals surface area (Å²) in [7, 11) is 41.9. The Kier molecular flexibility index (Phi) is 35.2. The van der Waals surface area contributed by atoms with E-state index >= 15 is 0 Å². The van der Waals surface area contributed by atoms with E-state index in [1.54, 1.807) is 66.7 Å². The maximum Gasteiger partial charge on any atom is 1.00 e. The molecule has 7 aliphatic rings. The molecule has 10 rings (SSSR count). The van der Waals surface area contributed by atoms with Gasteiger partial charge in [-0.15, -0.1) is 0 Å². The molecule has 30 heteroatoms. The minimum atomic E-state index is -0.926. The molecule has 0 aromatic heterocycles. The maximum absolute atomic E-state index is 12.6. The van der Waals surface area contributed by atoms with Crippen molar-refractivity contribution in [3.05, 3.63) is 108 Å². The zero-order valence-electron chi connectivity index (χ0n) is 56.3. The van der Waals surface area contributed by atoms with Crippen LogP contribution >= 0.6 is 0 Å². The van der Waals surface area contributed by atoms with Crippen LogP contribution < -0.4 is 34.9 Å². The number of rotatable bonds is 19. The van der Waals surface area contributed by atoms with Crippen LogP contribution in [0.5, 0.6) is 0 Å². The molecule has 24 atom stereocenters. The average Bonchev–Trinajstić information content (AvgIpc) is 1.63. The first-order valence-corrected chi connectivity index (χ1v) is 32.3. The second-order valence-electron chi connectivity index (χ2n) is 23.7. The number of hydrogen-bond donors (Lipinski definition) is 5. The van der Waals surface area contributed by atoms with Gasteiger partial charge < -0.3 is 84.0 Å². The summed E-state index contributed by atoms with van der Waals surface area (Å²) in [5.41, 5.74) is 1.42. The average molecular weight is 1320 g/mol. The van der Waals surface area contributed by atoms with Crippen LogP contribution in [0, 0.1) is 5.92 Å². The molecule has 7 heterocycles. The summed E-state index contributed by atoms with van der Waals surface area (Å²) >= 11 is 0. The number of aliphatic hydroxyl groups is 4. The molecule has 5 N–H and O–H groups in total. The summed E-state index contributed by atoms with van der Waals surface area (Å²) in [4.78, 5) is 60.6. The predicted molar refractivity (Wildman–Crippen MR) is 349 cm³/mol. The van der Waals surface area contributed by atoms with Crippen molar-refractivity contribution in [1.82, 2.24) is 5.32 Å². The Morgan fingerprint density at radius 3 is 1.28 bits per heavy atom. The molecule has 500 valence electrons. The number of amides is 1. The van der Waals surface area contributed by atoms with Gasteiger partial charge in [0, 0.05) is 80.7 Å². The van der Waals surface area contributed by atoms with E-state index in [1.165, 1.54) is 7.05 Å². The Labute approximate surface area is 591 Å². The number of esters is 4. The minimum Gasteiger partial charge on any atom is -1.00 e. The van der Waals surface area contributed by atoms with Gasteiger partial charge in [-0.05, 0) is 74.9 Å². The number of aliphatic hydroxyl groups excluding tert-OH is 4. The van der Waals surface area contributed by atoms with Crippen molar-refractivity contribution in [2.75, 3.05) is 13.7 Å². The van der Waals surface area contributed by atoms with Crippen LogP contribution in [0.3, 0.4) is 0 Å². The number of carbonyl (C=O) groups excluding carboxylic acids is 5. The normalized spacial score (nSPS) is 35.0. The number of ether oxygens (including phenoxy) is 12. The van der Waals surface area contributed by atoms with Gasteiger partial charge in [0.25, 0.3) is 0 Å². The Morgan fingerprint density at radius 2 is 0.863 bits per heavy atom. The first-order chi connectivity index (χ1) is 44.9. The third kappa shape index (κ3) is 24.1. The summed E-state index contributed by atoms with van der Waals surface area (Å²) in [5, 5.41) is 40.1. The van der Waals surface area contributed by atoms with Crippen molar-refractivity contribution in [2.45, 2.75) is 245 Å². The number of nitrogens with one attached hydrogen (secondary N) is 1. The number of hydrogen-bond acceptors (Lipinski definition) is 21. The van der Waals surface area contributed by atoms with Crippen molar-refractivity contribution in [3.8, 4) is 0 Å². The molecule has 22 nitrogen and oxygen atoms in total. The summed E-state index contributed by atoms with van der Waals surface area (Å²) < 4.78 is 66.5. The summed E-state index contributed by atoms with van der Waals surface area (Å²) in [6.07, 6.45) is -2.96. The molecule has 3 aromatic carbocycles. The van der Waals surface area contributed by atoms with Crippen molar-refractivity contribution in [3.63, 3.8) is 0 Å². The van der Waals surface area contributed by atoms with E-state index < -0.39 is 115 Å². The second-order valence-corrected chi connectivity index (χ2v) is 23.7. The van der Waals surface area contributed by atoms with Crippen LogP contribution in [0.4, 0.5) is 0 Å². The van der Waals surface area contributed by atoms with Gasteiger partial charge in [0.15, 0.2) is 0 Å². The van der Waals surface area contributed by atoms with E-state index in [0.717, 1.165) is 12.8 Å². The first kappa shape index (κ1) is 81.7. The first-order valence-electron chi connectivity index (χ1n) is 32.3. The van der Waals surface area contributed by atoms with E-state index in [4.69, 9.17) is 122 Å². The van der Waals surface area contributed by atoms with Gasteiger partial charge in [-0.2, -0.15) is 0 Å². The van der Waals surface area contributed by atoms with E-state index in [1.807, 2.05) is 58.9 Å². The Bertz CT molecular complexity index is 2780. The van der Waals surface area contributed by atoms with Gasteiger partial charge in [-0.25, -0.2) is 14.4 Å². The SMILES string of the molecule is [B][C@@H]1O[C@H](CC)C(O)[C@@H]1O.[B][C@@H]1O[C@H](CC)C(O)[C@@H]1OC[C@H]1O[C@@H]([B])CC1OC(=O)c1ccccc1.[B][C@@H]1O[C@H](CC)C(OC(=O)CCC(=O)NC)[C@@H]1[C@H]1O[C@@H]([B])CC1OC(=O)c1ccccc1.[B][C@H]1CC(O)[C@@H](CC)O1.[B][C@H]1CC(OC(=O)c2ccccc2)[C@@H](CC)O1.[H-].[Na+]. The molecule has 0 bridgehead atoms. The van der Waals surface area contributed by atoms with Crippen molar-refractivity contribution >= 4 is 84.7 Å². The van der Waals surface area contributed by atoms with Crippen LogP contribution in [0.15, 0.2) is 91.0 Å². The minimum absolute atomic E-state index is 0. The van der Waals surface area contributed by atoms with Crippen LogP contribution in [-0.4, -0.2) is 258 Å². The topological polar surface area (TPSA) is 289 Å². The molecule has 0 spiro atoms. The maximum atomic E-state index is 12.6. The molecule has 3 aromatic rings. The van der Waals surface area contributed by atoms with Gasteiger partial charge in [0.05, 0.1) is 72.4 Å². The fraction of sp³-hybridized carbons (Fsp3) is 0.646. The van der Waals surface area contributed by atoms with Gasteiger partial charge in [-0.3, -0.25) is 9.59 Å². The molecule has 0 saturated carbocycles. The van der Waals surface area contributed by atoms with Gasteiger partial charge >= 0.3 is 53.4 Å². The molecule has 0 aliphatic carbocycles. The van der Waals surface area contributed by atoms with E-state index in [9.17, 15) is 34.2 Å². The Morgan fingerprint density at radius 1 is 0.453 bits per heavy atom. The summed E-state index contributed by atoms with van der Waals surface area (Å²) in [6, 6.07) is 22.3. The smallest absolute Gasteiger partial charge is 1.00 e. The largest absolute Gasteiger partial charge is 1.00 e. The molecule has 7 unspecified atom stereocenters. The fourth-order valence-corrected chi connectivity index (χ4v) is 11.7. The van der Waals surface area contributed by atoms with Crippen molar-refractivity contribution in [2.24, 2.45) is 5.92 Å². The molecule has 7 aliphatic heterocycles. The summed E-state index contributed by atoms with van der Waals surface area (Å²) in [5.74, 6) is -2.65. The van der Waals surface area contributed by atoms with Gasteiger partial charge in [-0.1, -0.05) is 89.2 Å². The molecule has 7 saturated heterocycles. The zero-order valence-corrected chi connectivity index (χ0v) is 57.3. The zero-order chi connectivity index (χ0) is 68.8. The predicted octanol–water partition coefficient (Wildman–Crippen LogP) is -0.527. The van der Waals surface area contributed by atoms with Gasteiger partial charge in [0.1, 0.15) is 110 Å². The molecular weight excluding hydrogens is 1230 g/mol.